The van der Waals surface area contributed by atoms with E-state index >= 15 is 0 Å². The van der Waals surface area contributed by atoms with E-state index in [1.165, 1.54) is 21.5 Å². The van der Waals surface area contributed by atoms with Crippen molar-refractivity contribution in [1.82, 2.24) is 15.0 Å². The number of furan rings is 1. The Morgan fingerprint density at radius 3 is 1.67 bits per heavy atom. The van der Waals surface area contributed by atoms with Gasteiger partial charge < -0.3 is 4.42 Å². The van der Waals surface area contributed by atoms with E-state index in [1.807, 2.05) is 72.8 Å². The maximum Gasteiger partial charge on any atom is 0.164 e. The van der Waals surface area contributed by atoms with Crippen molar-refractivity contribution in [1.29, 1.82) is 0 Å². The van der Waals surface area contributed by atoms with Gasteiger partial charge in [0.25, 0.3) is 0 Å². The second kappa shape index (κ2) is 10.2. The predicted octanol–water partition coefficient (Wildman–Crippen LogP) is 10.7. The van der Waals surface area contributed by atoms with Gasteiger partial charge in [0, 0.05) is 27.5 Å². The molecule has 0 saturated heterocycles. The predicted molar refractivity (Wildman–Crippen MR) is 184 cm³/mol. The average Bonchev–Trinajstić information content (AvgIpc) is 3.50. The Balaban J connectivity index is 1.31. The molecular weight excluding hydrogens is 550 g/mol. The zero-order valence-corrected chi connectivity index (χ0v) is 24.2. The summed E-state index contributed by atoms with van der Waals surface area (Å²) in [6.07, 6.45) is 0. The molecule has 7 aromatic carbocycles. The third-order valence-electron chi connectivity index (χ3n) is 8.49. The van der Waals surface area contributed by atoms with E-state index in [4.69, 9.17) is 19.4 Å². The van der Waals surface area contributed by atoms with Crippen LogP contribution in [0.4, 0.5) is 0 Å². The molecule has 210 valence electrons. The molecule has 45 heavy (non-hydrogen) atoms. The van der Waals surface area contributed by atoms with Crippen molar-refractivity contribution in [2.45, 2.75) is 0 Å². The number of aromatic nitrogens is 3. The van der Waals surface area contributed by atoms with Crippen LogP contribution in [0.3, 0.4) is 0 Å². The molecule has 9 rings (SSSR count). The van der Waals surface area contributed by atoms with E-state index in [-0.39, 0.29) is 0 Å². The molecule has 0 aliphatic carbocycles. The van der Waals surface area contributed by atoms with Gasteiger partial charge in [-0.3, -0.25) is 0 Å². The second-order valence-electron chi connectivity index (χ2n) is 11.3. The summed E-state index contributed by atoms with van der Waals surface area (Å²) < 4.78 is 6.48. The Morgan fingerprint density at radius 1 is 0.356 bits per heavy atom. The minimum Gasteiger partial charge on any atom is -0.456 e. The van der Waals surface area contributed by atoms with Crippen molar-refractivity contribution in [3.05, 3.63) is 152 Å². The van der Waals surface area contributed by atoms with Crippen molar-refractivity contribution in [3.63, 3.8) is 0 Å². The first-order valence-corrected chi connectivity index (χ1v) is 15.0. The van der Waals surface area contributed by atoms with E-state index < -0.39 is 0 Å². The van der Waals surface area contributed by atoms with Crippen LogP contribution in [0, 0.1) is 0 Å². The Labute approximate surface area is 259 Å². The molecule has 4 nitrogen and oxygen atoms in total. The molecule has 2 aromatic heterocycles. The van der Waals surface area contributed by atoms with Crippen LogP contribution < -0.4 is 0 Å². The number of fused-ring (bicyclic) bond motifs is 6. The van der Waals surface area contributed by atoms with Gasteiger partial charge in [0.15, 0.2) is 17.5 Å². The van der Waals surface area contributed by atoms with Gasteiger partial charge >= 0.3 is 0 Å². The fourth-order valence-corrected chi connectivity index (χ4v) is 6.33. The highest BCUT2D eigenvalue weighted by Crippen LogP contribution is 2.41. The summed E-state index contributed by atoms with van der Waals surface area (Å²) in [5.74, 6) is 1.85. The minimum absolute atomic E-state index is 0.595. The molecule has 0 N–H and O–H groups in total. The lowest BCUT2D eigenvalue weighted by Gasteiger charge is -2.12. The maximum atomic E-state index is 6.48. The monoisotopic (exact) mass is 575 g/mol. The number of para-hydroxylation sites is 1. The highest BCUT2D eigenvalue weighted by Gasteiger charge is 2.19. The highest BCUT2D eigenvalue weighted by molar-refractivity contribution is 6.15. The number of nitrogens with zero attached hydrogens (tertiary/aromatic N) is 3. The molecule has 0 fully saturated rings. The Kier molecular flexibility index (Phi) is 5.78. The molecular formula is C41H25N3O. The first-order chi connectivity index (χ1) is 22.3. The molecule has 0 aliphatic rings. The summed E-state index contributed by atoms with van der Waals surface area (Å²) >= 11 is 0. The lowest BCUT2D eigenvalue weighted by atomic mass is 9.93. The van der Waals surface area contributed by atoms with Crippen molar-refractivity contribution < 1.29 is 4.42 Å². The largest absolute Gasteiger partial charge is 0.456 e. The molecule has 0 radical (unpaired) electrons. The first-order valence-electron chi connectivity index (χ1n) is 15.0. The lowest BCUT2D eigenvalue weighted by Crippen LogP contribution is -2.00. The van der Waals surface area contributed by atoms with Crippen LogP contribution in [0.1, 0.15) is 0 Å². The number of rotatable bonds is 4. The molecule has 4 heteroatoms. The van der Waals surface area contributed by atoms with Crippen LogP contribution in [-0.4, -0.2) is 15.0 Å². The molecule has 0 aliphatic heterocycles. The third-order valence-corrected chi connectivity index (χ3v) is 8.49. The molecule has 0 saturated carbocycles. The molecule has 0 bridgehead atoms. The minimum atomic E-state index is 0.595. The number of hydrogen-bond acceptors (Lipinski definition) is 4. The van der Waals surface area contributed by atoms with E-state index in [9.17, 15) is 0 Å². The van der Waals surface area contributed by atoms with Crippen LogP contribution >= 0.6 is 0 Å². The van der Waals surface area contributed by atoms with Gasteiger partial charge in [0.05, 0.1) is 0 Å². The molecule has 0 amide bonds. The Bertz CT molecular complexity index is 2480. The molecule has 9 aromatic rings. The zero-order chi connectivity index (χ0) is 29.7. The molecule has 0 atom stereocenters. The van der Waals surface area contributed by atoms with Crippen LogP contribution in [0.5, 0.6) is 0 Å². The van der Waals surface area contributed by atoms with Gasteiger partial charge in [-0.05, 0) is 56.9 Å². The van der Waals surface area contributed by atoms with E-state index in [2.05, 4.69) is 78.9 Å². The van der Waals surface area contributed by atoms with Gasteiger partial charge in [-0.25, -0.2) is 15.0 Å². The Morgan fingerprint density at radius 2 is 0.933 bits per heavy atom. The topological polar surface area (TPSA) is 51.8 Å². The second-order valence-corrected chi connectivity index (χ2v) is 11.3. The van der Waals surface area contributed by atoms with Gasteiger partial charge in [-0.2, -0.15) is 0 Å². The molecule has 0 unspecified atom stereocenters. The lowest BCUT2D eigenvalue weighted by molar-refractivity contribution is 0.669. The molecule has 0 spiro atoms. The SMILES string of the molecule is c1ccc(-c2nc(-c3ccccc3)nc(-c3cc(-c4ccc5c(ccc6ccccc65)c4)c4c(c3)oc3ccccc34)n2)cc1. The van der Waals surface area contributed by atoms with E-state index in [1.54, 1.807) is 0 Å². The quantitative estimate of drug-likeness (QED) is 0.196. The number of hydrogen-bond donors (Lipinski definition) is 0. The maximum absolute atomic E-state index is 6.48. The number of benzene rings is 7. The molecule has 2 heterocycles. The Hall–Kier alpha value is -6.13. The van der Waals surface area contributed by atoms with Crippen molar-refractivity contribution in [2.24, 2.45) is 0 Å². The van der Waals surface area contributed by atoms with Crippen LogP contribution in [0.15, 0.2) is 156 Å². The van der Waals surface area contributed by atoms with Gasteiger partial charge in [-0.15, -0.1) is 0 Å². The standard InChI is InChI=1S/C41H25N3O/c1-3-12-27(13-4-1)39-42-40(28-14-5-2-6-15-28)44-41(43-39)31-24-35(38-34-17-9-10-18-36(34)45-37(38)25-31)30-21-22-33-29(23-30)20-19-26-11-7-8-16-32(26)33/h1-25H. The van der Waals surface area contributed by atoms with Crippen molar-refractivity contribution in [2.75, 3.05) is 0 Å². The van der Waals surface area contributed by atoms with Crippen molar-refractivity contribution in [3.8, 4) is 45.3 Å². The van der Waals surface area contributed by atoms with Crippen LogP contribution in [0.2, 0.25) is 0 Å². The van der Waals surface area contributed by atoms with Gasteiger partial charge in [-0.1, -0.05) is 127 Å². The van der Waals surface area contributed by atoms with E-state index in [0.717, 1.165) is 49.8 Å². The smallest absolute Gasteiger partial charge is 0.164 e. The van der Waals surface area contributed by atoms with Crippen molar-refractivity contribution >= 4 is 43.5 Å². The zero-order valence-electron chi connectivity index (χ0n) is 24.2. The van der Waals surface area contributed by atoms with E-state index in [0.29, 0.717) is 17.5 Å². The summed E-state index contributed by atoms with van der Waals surface area (Å²) in [5, 5.41) is 7.07. The normalized spacial score (nSPS) is 11.6. The summed E-state index contributed by atoms with van der Waals surface area (Å²) in [6, 6.07) is 52.3. The first kappa shape index (κ1) is 25.4. The summed E-state index contributed by atoms with van der Waals surface area (Å²) in [5.41, 5.74) is 6.57. The fraction of sp³-hybridized carbons (Fsp3) is 0. The highest BCUT2D eigenvalue weighted by atomic mass is 16.3. The van der Waals surface area contributed by atoms with Gasteiger partial charge in [0.1, 0.15) is 11.2 Å². The summed E-state index contributed by atoms with van der Waals surface area (Å²) in [4.78, 5) is 14.9. The summed E-state index contributed by atoms with van der Waals surface area (Å²) in [7, 11) is 0. The van der Waals surface area contributed by atoms with Crippen LogP contribution in [0.25, 0.3) is 88.8 Å². The fourth-order valence-electron chi connectivity index (χ4n) is 6.33. The van der Waals surface area contributed by atoms with Crippen LogP contribution in [-0.2, 0) is 0 Å². The summed E-state index contributed by atoms with van der Waals surface area (Å²) in [6.45, 7) is 0. The van der Waals surface area contributed by atoms with Gasteiger partial charge in [0.2, 0.25) is 0 Å². The average molecular weight is 576 g/mol. The third kappa shape index (κ3) is 4.35.